The summed E-state index contributed by atoms with van der Waals surface area (Å²) < 4.78 is 5.08. The van der Waals surface area contributed by atoms with Crippen LogP contribution >= 0.6 is 0 Å². The molecule has 78 valence electrons. The van der Waals surface area contributed by atoms with E-state index >= 15 is 0 Å². The summed E-state index contributed by atoms with van der Waals surface area (Å²) in [6.07, 6.45) is 0. The lowest BCUT2D eigenvalue weighted by Gasteiger charge is -2.08. The van der Waals surface area contributed by atoms with E-state index in [0.29, 0.717) is 16.5 Å². The molecule has 0 radical (unpaired) electrons. The molecule has 0 atom stereocenters. The Kier molecular flexibility index (Phi) is 2.23. The van der Waals surface area contributed by atoms with E-state index in [0.717, 1.165) is 0 Å². The van der Waals surface area contributed by atoms with Crippen molar-refractivity contribution >= 4 is 10.8 Å². The Balaban J connectivity index is 2.91. The Morgan fingerprint density at radius 1 is 1.20 bits per heavy atom. The van der Waals surface area contributed by atoms with Crippen molar-refractivity contribution in [3.05, 3.63) is 40.4 Å². The van der Waals surface area contributed by atoms with Crippen LogP contribution in [0.1, 0.15) is 25.5 Å². The van der Waals surface area contributed by atoms with Gasteiger partial charge in [0.2, 0.25) is 0 Å². The molecule has 1 N–H and O–H groups in total. The van der Waals surface area contributed by atoms with Crippen molar-refractivity contribution in [2.45, 2.75) is 19.8 Å². The van der Waals surface area contributed by atoms with Gasteiger partial charge in [0.1, 0.15) is 0 Å². The van der Waals surface area contributed by atoms with Gasteiger partial charge in [0, 0.05) is 11.3 Å². The van der Waals surface area contributed by atoms with E-state index in [1.807, 2.05) is 13.8 Å². The van der Waals surface area contributed by atoms with Crippen molar-refractivity contribution in [3.8, 4) is 5.75 Å². The summed E-state index contributed by atoms with van der Waals surface area (Å²) in [4.78, 5) is 11.6. The lowest BCUT2D eigenvalue weighted by molar-refractivity contribution is 0.386. The smallest absolute Gasteiger partial charge is 0.344 e. The molecular weight excluding hydrogens is 192 g/mol. The molecule has 15 heavy (non-hydrogen) atoms. The largest absolute Gasteiger partial charge is 0.504 e. The molecule has 0 saturated heterocycles. The van der Waals surface area contributed by atoms with E-state index in [1.54, 1.807) is 24.3 Å². The first-order chi connectivity index (χ1) is 7.11. The molecule has 3 heteroatoms. The van der Waals surface area contributed by atoms with Gasteiger partial charge in [-0.1, -0.05) is 32.0 Å². The standard InChI is InChI=1S/C12H12O3/c1-7(2)11-10(13)8-5-3-4-6-9(8)12(14)15-11/h3-7,13H,1-2H3. The molecule has 3 nitrogen and oxygen atoms in total. The van der Waals surface area contributed by atoms with Crippen molar-refractivity contribution < 1.29 is 9.52 Å². The summed E-state index contributed by atoms with van der Waals surface area (Å²) in [5.74, 6) is 0.404. The number of aromatic hydroxyl groups is 1. The molecule has 0 aliphatic heterocycles. The van der Waals surface area contributed by atoms with E-state index in [9.17, 15) is 9.90 Å². The van der Waals surface area contributed by atoms with E-state index in [-0.39, 0.29) is 11.7 Å². The van der Waals surface area contributed by atoms with Gasteiger partial charge in [-0.2, -0.15) is 0 Å². The van der Waals surface area contributed by atoms with Gasteiger partial charge in [0.15, 0.2) is 11.5 Å². The molecule has 1 aromatic carbocycles. The molecule has 0 aliphatic carbocycles. The minimum atomic E-state index is -0.396. The Morgan fingerprint density at radius 2 is 1.80 bits per heavy atom. The normalized spacial score (nSPS) is 11.1. The van der Waals surface area contributed by atoms with Crippen molar-refractivity contribution in [1.82, 2.24) is 0 Å². The quantitative estimate of drug-likeness (QED) is 0.776. The third kappa shape index (κ3) is 1.50. The van der Waals surface area contributed by atoms with Gasteiger partial charge >= 0.3 is 5.63 Å². The van der Waals surface area contributed by atoms with Crippen LogP contribution in [-0.4, -0.2) is 5.11 Å². The highest BCUT2D eigenvalue weighted by Gasteiger charge is 2.14. The number of benzene rings is 1. The first kappa shape index (κ1) is 9.77. The first-order valence-electron chi connectivity index (χ1n) is 4.86. The maximum atomic E-state index is 11.6. The highest BCUT2D eigenvalue weighted by Crippen LogP contribution is 2.30. The van der Waals surface area contributed by atoms with Gasteiger partial charge in [0.25, 0.3) is 0 Å². The number of hydrogen-bond donors (Lipinski definition) is 1. The van der Waals surface area contributed by atoms with E-state index < -0.39 is 5.63 Å². The fourth-order valence-corrected chi connectivity index (χ4v) is 1.59. The summed E-state index contributed by atoms with van der Waals surface area (Å²) in [5, 5.41) is 10.9. The zero-order valence-corrected chi connectivity index (χ0v) is 8.65. The molecule has 2 rings (SSSR count). The van der Waals surface area contributed by atoms with Crippen LogP contribution in [0.5, 0.6) is 5.75 Å². The molecule has 0 spiro atoms. The highest BCUT2D eigenvalue weighted by molar-refractivity contribution is 5.87. The molecule has 1 heterocycles. The Bertz CT molecular complexity index is 552. The van der Waals surface area contributed by atoms with Gasteiger partial charge in [0.05, 0.1) is 5.39 Å². The fourth-order valence-electron chi connectivity index (χ4n) is 1.59. The number of fused-ring (bicyclic) bond motifs is 1. The summed E-state index contributed by atoms with van der Waals surface area (Å²) in [7, 11) is 0. The second-order valence-electron chi connectivity index (χ2n) is 3.80. The van der Waals surface area contributed by atoms with E-state index in [2.05, 4.69) is 0 Å². The van der Waals surface area contributed by atoms with Gasteiger partial charge < -0.3 is 9.52 Å². The maximum Gasteiger partial charge on any atom is 0.344 e. The molecular formula is C12H12O3. The van der Waals surface area contributed by atoms with Crippen LogP contribution in [0, 0.1) is 0 Å². The van der Waals surface area contributed by atoms with Crippen molar-refractivity contribution in [2.24, 2.45) is 0 Å². The van der Waals surface area contributed by atoms with Crippen molar-refractivity contribution in [3.63, 3.8) is 0 Å². The summed E-state index contributed by atoms with van der Waals surface area (Å²) in [6, 6.07) is 6.89. The van der Waals surface area contributed by atoms with Crippen LogP contribution in [-0.2, 0) is 0 Å². The SMILES string of the molecule is CC(C)c1oc(=O)c2ccccc2c1O. The molecule has 0 amide bonds. The third-order valence-corrected chi connectivity index (χ3v) is 2.36. The van der Waals surface area contributed by atoms with Crippen molar-refractivity contribution in [2.75, 3.05) is 0 Å². The Hall–Kier alpha value is -1.77. The minimum absolute atomic E-state index is 0.0118. The zero-order valence-electron chi connectivity index (χ0n) is 8.65. The van der Waals surface area contributed by atoms with Gasteiger partial charge in [-0.15, -0.1) is 0 Å². The lowest BCUT2D eigenvalue weighted by Crippen LogP contribution is -2.03. The molecule has 0 unspecified atom stereocenters. The second-order valence-corrected chi connectivity index (χ2v) is 3.80. The fraction of sp³-hybridized carbons (Fsp3) is 0.250. The number of hydrogen-bond acceptors (Lipinski definition) is 3. The van der Waals surface area contributed by atoms with Crippen molar-refractivity contribution in [1.29, 1.82) is 0 Å². The van der Waals surface area contributed by atoms with E-state index in [4.69, 9.17) is 4.42 Å². The predicted molar refractivity (Wildman–Crippen MR) is 58.2 cm³/mol. The minimum Gasteiger partial charge on any atom is -0.504 e. The second kappa shape index (κ2) is 3.42. The van der Waals surface area contributed by atoms with Gasteiger partial charge in [-0.05, 0) is 6.07 Å². The van der Waals surface area contributed by atoms with E-state index in [1.165, 1.54) is 0 Å². The summed E-state index contributed by atoms with van der Waals surface area (Å²) in [5.41, 5.74) is -0.396. The lowest BCUT2D eigenvalue weighted by atomic mass is 10.1. The Labute approximate surface area is 87.0 Å². The summed E-state index contributed by atoms with van der Waals surface area (Å²) >= 11 is 0. The van der Waals surface area contributed by atoms with Gasteiger partial charge in [-0.25, -0.2) is 4.79 Å². The maximum absolute atomic E-state index is 11.6. The monoisotopic (exact) mass is 204 g/mol. The van der Waals surface area contributed by atoms with Gasteiger partial charge in [-0.3, -0.25) is 0 Å². The first-order valence-corrected chi connectivity index (χ1v) is 4.86. The van der Waals surface area contributed by atoms with Crippen LogP contribution in [0.15, 0.2) is 33.5 Å². The highest BCUT2D eigenvalue weighted by atomic mass is 16.4. The van der Waals surface area contributed by atoms with Crippen LogP contribution in [0.25, 0.3) is 10.8 Å². The molecule has 2 aromatic rings. The molecule has 0 aliphatic rings. The third-order valence-electron chi connectivity index (χ3n) is 2.36. The molecule has 1 aromatic heterocycles. The number of rotatable bonds is 1. The Morgan fingerprint density at radius 3 is 2.40 bits per heavy atom. The summed E-state index contributed by atoms with van der Waals surface area (Å²) in [6.45, 7) is 3.74. The van der Waals surface area contributed by atoms with Crippen LogP contribution in [0.3, 0.4) is 0 Å². The molecule has 0 fully saturated rings. The van der Waals surface area contributed by atoms with Crippen LogP contribution in [0.2, 0.25) is 0 Å². The topological polar surface area (TPSA) is 50.4 Å². The molecule has 0 bridgehead atoms. The van der Waals surface area contributed by atoms with Crippen LogP contribution < -0.4 is 5.63 Å². The zero-order chi connectivity index (χ0) is 11.0. The predicted octanol–water partition coefficient (Wildman–Crippen LogP) is 2.62. The molecule has 0 saturated carbocycles. The average Bonchev–Trinajstić information content (AvgIpc) is 2.23. The average molecular weight is 204 g/mol. The van der Waals surface area contributed by atoms with Crippen LogP contribution in [0.4, 0.5) is 0 Å².